The molecule has 1 aromatic heterocycles. The van der Waals surface area contributed by atoms with Crippen molar-refractivity contribution in [3.63, 3.8) is 0 Å². The van der Waals surface area contributed by atoms with Crippen LogP contribution in [-0.2, 0) is 4.79 Å². The number of furan rings is 1. The van der Waals surface area contributed by atoms with Gasteiger partial charge in [-0.2, -0.15) is 0 Å². The molecule has 0 unspecified atom stereocenters. The number of rotatable bonds is 6. The maximum absolute atomic E-state index is 11.9. The molecule has 1 atom stereocenters. The Bertz CT molecular complexity index is 647. The third-order valence-electron chi connectivity index (χ3n) is 3.21. The number of benzene rings is 1. The Kier molecular flexibility index (Phi) is 5.25. The molecule has 0 saturated heterocycles. The molecule has 0 aliphatic rings. The lowest BCUT2D eigenvalue weighted by Gasteiger charge is -2.15. The van der Waals surface area contributed by atoms with Gasteiger partial charge in [-0.05, 0) is 42.8 Å². The summed E-state index contributed by atoms with van der Waals surface area (Å²) in [6.45, 7) is 1.90. The Balaban J connectivity index is 2.02. The standard InChI is InChI=1S/C17H19NO4/c1-12(13-6-8-15(20-2)16(11-13)21-3)18-17(19)9-7-14-5-4-10-22-14/h4-12H,1-3H3,(H,18,19)/b9-7+/t12-/m1/s1. The fourth-order valence-corrected chi connectivity index (χ4v) is 2.01. The van der Waals surface area contributed by atoms with E-state index in [0.29, 0.717) is 17.3 Å². The molecule has 0 bridgehead atoms. The third kappa shape index (κ3) is 3.91. The SMILES string of the molecule is COc1ccc([C@@H](C)NC(=O)/C=C/c2ccco2)cc1OC. The Morgan fingerprint density at radius 3 is 2.64 bits per heavy atom. The highest BCUT2D eigenvalue weighted by Gasteiger charge is 2.11. The number of methoxy groups -OCH3 is 2. The van der Waals surface area contributed by atoms with Gasteiger partial charge >= 0.3 is 0 Å². The molecule has 22 heavy (non-hydrogen) atoms. The van der Waals surface area contributed by atoms with Gasteiger partial charge in [-0.3, -0.25) is 4.79 Å². The topological polar surface area (TPSA) is 60.7 Å². The second kappa shape index (κ2) is 7.36. The van der Waals surface area contributed by atoms with E-state index in [-0.39, 0.29) is 11.9 Å². The number of hydrogen-bond donors (Lipinski definition) is 1. The highest BCUT2D eigenvalue weighted by Crippen LogP contribution is 2.29. The molecule has 0 radical (unpaired) electrons. The van der Waals surface area contributed by atoms with Crippen LogP contribution in [0.5, 0.6) is 11.5 Å². The molecule has 5 heteroatoms. The van der Waals surface area contributed by atoms with E-state index >= 15 is 0 Å². The average molecular weight is 301 g/mol. The minimum Gasteiger partial charge on any atom is -0.493 e. The molecule has 0 saturated carbocycles. The zero-order valence-corrected chi connectivity index (χ0v) is 12.8. The van der Waals surface area contributed by atoms with E-state index in [9.17, 15) is 4.79 Å². The van der Waals surface area contributed by atoms with Gasteiger partial charge in [-0.25, -0.2) is 0 Å². The Hall–Kier alpha value is -2.69. The van der Waals surface area contributed by atoms with Crippen LogP contribution in [0.25, 0.3) is 6.08 Å². The van der Waals surface area contributed by atoms with Crippen molar-refractivity contribution in [1.29, 1.82) is 0 Å². The molecule has 5 nitrogen and oxygen atoms in total. The van der Waals surface area contributed by atoms with Gasteiger partial charge in [0.2, 0.25) is 5.91 Å². The summed E-state index contributed by atoms with van der Waals surface area (Å²) in [5.74, 6) is 1.72. The van der Waals surface area contributed by atoms with E-state index in [1.807, 2.05) is 25.1 Å². The highest BCUT2D eigenvalue weighted by molar-refractivity contribution is 5.91. The second-order valence-electron chi connectivity index (χ2n) is 4.69. The molecule has 1 amide bonds. The number of nitrogens with one attached hydrogen (secondary N) is 1. The lowest BCUT2D eigenvalue weighted by molar-refractivity contribution is -0.117. The largest absolute Gasteiger partial charge is 0.493 e. The van der Waals surface area contributed by atoms with Crippen molar-refractivity contribution in [1.82, 2.24) is 5.32 Å². The first-order valence-corrected chi connectivity index (χ1v) is 6.88. The van der Waals surface area contributed by atoms with Crippen LogP contribution in [0.3, 0.4) is 0 Å². The van der Waals surface area contributed by atoms with E-state index in [1.54, 1.807) is 38.7 Å². The summed E-state index contributed by atoms with van der Waals surface area (Å²) in [4.78, 5) is 11.9. The van der Waals surface area contributed by atoms with E-state index in [2.05, 4.69) is 5.32 Å². The maximum Gasteiger partial charge on any atom is 0.244 e. The van der Waals surface area contributed by atoms with E-state index in [1.165, 1.54) is 6.08 Å². The fourth-order valence-electron chi connectivity index (χ4n) is 2.01. The molecular weight excluding hydrogens is 282 g/mol. The van der Waals surface area contributed by atoms with Crippen LogP contribution in [0.1, 0.15) is 24.3 Å². The van der Waals surface area contributed by atoms with Crippen LogP contribution >= 0.6 is 0 Å². The predicted molar refractivity (Wildman–Crippen MR) is 83.8 cm³/mol. The Morgan fingerprint density at radius 1 is 1.23 bits per heavy atom. The molecule has 1 aromatic carbocycles. The van der Waals surface area contributed by atoms with E-state index < -0.39 is 0 Å². The molecule has 0 aliphatic heterocycles. The monoisotopic (exact) mass is 301 g/mol. The first-order valence-electron chi connectivity index (χ1n) is 6.88. The summed E-state index contributed by atoms with van der Waals surface area (Å²) in [6.07, 6.45) is 4.62. The van der Waals surface area contributed by atoms with Crippen LogP contribution in [-0.4, -0.2) is 20.1 Å². The number of carbonyl (C=O) groups is 1. The zero-order chi connectivity index (χ0) is 15.9. The van der Waals surface area contributed by atoms with Gasteiger partial charge in [-0.1, -0.05) is 6.07 Å². The first kappa shape index (κ1) is 15.7. The second-order valence-corrected chi connectivity index (χ2v) is 4.69. The van der Waals surface area contributed by atoms with Crippen LogP contribution in [0, 0.1) is 0 Å². The summed E-state index contributed by atoms with van der Waals surface area (Å²) in [6, 6.07) is 8.94. The third-order valence-corrected chi connectivity index (χ3v) is 3.21. The quantitative estimate of drug-likeness (QED) is 0.832. The number of ether oxygens (including phenoxy) is 2. The first-order chi connectivity index (χ1) is 10.6. The summed E-state index contributed by atoms with van der Waals surface area (Å²) in [5, 5.41) is 2.88. The van der Waals surface area contributed by atoms with Crippen LogP contribution < -0.4 is 14.8 Å². The van der Waals surface area contributed by atoms with E-state index in [0.717, 1.165) is 5.56 Å². The van der Waals surface area contributed by atoms with Gasteiger partial charge in [0.1, 0.15) is 5.76 Å². The van der Waals surface area contributed by atoms with Crippen molar-refractivity contribution >= 4 is 12.0 Å². The molecule has 1 heterocycles. The van der Waals surface area contributed by atoms with Crippen LogP contribution in [0.4, 0.5) is 0 Å². The summed E-state index contributed by atoms with van der Waals surface area (Å²) in [5.41, 5.74) is 0.928. The van der Waals surface area contributed by atoms with Crippen molar-refractivity contribution in [3.8, 4) is 11.5 Å². The average Bonchev–Trinajstić information content (AvgIpc) is 3.05. The minimum absolute atomic E-state index is 0.159. The lowest BCUT2D eigenvalue weighted by atomic mass is 10.1. The predicted octanol–water partition coefficient (Wildman–Crippen LogP) is 3.19. The van der Waals surface area contributed by atoms with Gasteiger partial charge in [0.05, 0.1) is 26.5 Å². The minimum atomic E-state index is -0.196. The molecule has 2 aromatic rings. The van der Waals surface area contributed by atoms with Crippen molar-refractivity contribution < 1.29 is 18.7 Å². The summed E-state index contributed by atoms with van der Waals surface area (Å²) < 4.78 is 15.6. The van der Waals surface area contributed by atoms with Crippen molar-refractivity contribution in [2.45, 2.75) is 13.0 Å². The molecule has 116 valence electrons. The van der Waals surface area contributed by atoms with E-state index in [4.69, 9.17) is 13.9 Å². The normalized spacial score (nSPS) is 12.1. The molecule has 0 spiro atoms. The van der Waals surface area contributed by atoms with Crippen molar-refractivity contribution in [3.05, 3.63) is 54.0 Å². The van der Waals surface area contributed by atoms with Gasteiger partial charge in [0.15, 0.2) is 11.5 Å². The zero-order valence-electron chi connectivity index (χ0n) is 12.8. The van der Waals surface area contributed by atoms with Gasteiger partial charge < -0.3 is 19.2 Å². The van der Waals surface area contributed by atoms with Gasteiger partial charge in [-0.15, -0.1) is 0 Å². The molecule has 0 fully saturated rings. The van der Waals surface area contributed by atoms with Crippen molar-refractivity contribution in [2.24, 2.45) is 0 Å². The highest BCUT2D eigenvalue weighted by atomic mass is 16.5. The van der Waals surface area contributed by atoms with Gasteiger partial charge in [0, 0.05) is 6.08 Å². The number of carbonyl (C=O) groups excluding carboxylic acids is 1. The molecule has 1 N–H and O–H groups in total. The fraction of sp³-hybridized carbons (Fsp3) is 0.235. The van der Waals surface area contributed by atoms with Crippen LogP contribution in [0.15, 0.2) is 47.1 Å². The Morgan fingerprint density at radius 2 is 2.00 bits per heavy atom. The van der Waals surface area contributed by atoms with Gasteiger partial charge in [0.25, 0.3) is 0 Å². The lowest BCUT2D eigenvalue weighted by Crippen LogP contribution is -2.24. The number of hydrogen-bond acceptors (Lipinski definition) is 4. The smallest absolute Gasteiger partial charge is 0.244 e. The molecule has 2 rings (SSSR count). The summed E-state index contributed by atoms with van der Waals surface area (Å²) >= 11 is 0. The number of amides is 1. The molecule has 0 aliphatic carbocycles. The maximum atomic E-state index is 11.9. The van der Waals surface area contributed by atoms with Crippen LogP contribution in [0.2, 0.25) is 0 Å². The summed E-state index contributed by atoms with van der Waals surface area (Å²) in [7, 11) is 3.17. The van der Waals surface area contributed by atoms with Crippen molar-refractivity contribution in [2.75, 3.05) is 14.2 Å². The molecular formula is C17H19NO4. The Labute approximate surface area is 129 Å².